The molecule has 3 unspecified atom stereocenters. The van der Waals surface area contributed by atoms with Gasteiger partial charge in [0.1, 0.15) is 0 Å². The summed E-state index contributed by atoms with van der Waals surface area (Å²) in [6.45, 7) is 7.27. The molecule has 0 aliphatic carbocycles. The van der Waals surface area contributed by atoms with Crippen LogP contribution in [0.15, 0.2) is 0 Å². The molecule has 1 saturated heterocycles. The quantitative estimate of drug-likeness (QED) is 0.659. The lowest BCUT2D eigenvalue weighted by Gasteiger charge is -2.31. The molecule has 4 heteroatoms. The third kappa shape index (κ3) is 4.01. The van der Waals surface area contributed by atoms with Gasteiger partial charge in [-0.2, -0.15) is 0 Å². The normalized spacial score (nSPS) is 27.6. The Bertz CT molecular complexity index is 190. The minimum atomic E-state index is 0.298. The Morgan fingerprint density at radius 2 is 2.25 bits per heavy atom. The van der Waals surface area contributed by atoms with Crippen molar-refractivity contribution in [3.05, 3.63) is 0 Å². The fourth-order valence-electron chi connectivity index (χ4n) is 2.25. The molecular formula is C12H26N2O2. The maximum atomic E-state index is 5.88. The van der Waals surface area contributed by atoms with Crippen molar-refractivity contribution >= 4 is 0 Å². The van der Waals surface area contributed by atoms with E-state index in [0.29, 0.717) is 24.8 Å². The monoisotopic (exact) mass is 230 g/mol. The van der Waals surface area contributed by atoms with Crippen LogP contribution < -0.4 is 5.73 Å². The van der Waals surface area contributed by atoms with Gasteiger partial charge in [0.05, 0.1) is 18.8 Å². The third-order valence-corrected chi connectivity index (χ3v) is 3.29. The second-order valence-corrected chi connectivity index (χ2v) is 4.54. The molecule has 1 aliphatic rings. The predicted octanol–water partition coefficient (Wildman–Crippen LogP) is 0.850. The Balaban J connectivity index is 2.34. The van der Waals surface area contributed by atoms with Crippen molar-refractivity contribution in [3.8, 4) is 0 Å². The Labute approximate surface area is 99.1 Å². The summed E-state index contributed by atoms with van der Waals surface area (Å²) in [7, 11) is 2.10. The van der Waals surface area contributed by atoms with Crippen molar-refractivity contribution in [1.29, 1.82) is 0 Å². The van der Waals surface area contributed by atoms with Gasteiger partial charge in [0, 0.05) is 25.7 Å². The van der Waals surface area contributed by atoms with Crippen LogP contribution in [-0.2, 0) is 9.47 Å². The van der Waals surface area contributed by atoms with Gasteiger partial charge < -0.3 is 15.2 Å². The van der Waals surface area contributed by atoms with Crippen molar-refractivity contribution in [2.75, 3.05) is 33.4 Å². The highest BCUT2D eigenvalue weighted by molar-refractivity contribution is 4.84. The van der Waals surface area contributed by atoms with Gasteiger partial charge in [-0.25, -0.2) is 0 Å². The fourth-order valence-corrected chi connectivity index (χ4v) is 2.25. The standard InChI is InChI=1S/C12H26N2O2/c1-4-15-8-7-14(3)11(9-13)12-6-5-10(2)16-12/h10-12H,4-9,13H2,1-3H3. The summed E-state index contributed by atoms with van der Waals surface area (Å²) in [6, 6.07) is 0.324. The van der Waals surface area contributed by atoms with Crippen LogP contribution >= 0.6 is 0 Å². The van der Waals surface area contributed by atoms with Crippen LogP contribution in [0.2, 0.25) is 0 Å². The number of hydrogen-bond donors (Lipinski definition) is 1. The van der Waals surface area contributed by atoms with Gasteiger partial charge in [0.15, 0.2) is 0 Å². The average Bonchev–Trinajstić information content (AvgIpc) is 2.66. The van der Waals surface area contributed by atoms with Gasteiger partial charge >= 0.3 is 0 Å². The molecule has 1 aliphatic heterocycles. The smallest absolute Gasteiger partial charge is 0.0747 e. The average molecular weight is 230 g/mol. The lowest BCUT2D eigenvalue weighted by molar-refractivity contribution is -0.00396. The van der Waals surface area contributed by atoms with E-state index < -0.39 is 0 Å². The van der Waals surface area contributed by atoms with Gasteiger partial charge in [-0.15, -0.1) is 0 Å². The first kappa shape index (κ1) is 13.9. The van der Waals surface area contributed by atoms with E-state index in [9.17, 15) is 0 Å². The van der Waals surface area contributed by atoms with Gasteiger partial charge in [-0.3, -0.25) is 4.90 Å². The molecule has 1 heterocycles. The SMILES string of the molecule is CCOCCN(C)C(CN)C1CCC(C)O1. The molecule has 0 saturated carbocycles. The highest BCUT2D eigenvalue weighted by Crippen LogP contribution is 2.23. The molecule has 0 aromatic rings. The molecule has 0 spiro atoms. The van der Waals surface area contributed by atoms with Gasteiger partial charge in [0.25, 0.3) is 0 Å². The van der Waals surface area contributed by atoms with Crippen molar-refractivity contribution in [3.63, 3.8) is 0 Å². The van der Waals surface area contributed by atoms with Crippen molar-refractivity contribution < 1.29 is 9.47 Å². The zero-order chi connectivity index (χ0) is 12.0. The molecule has 96 valence electrons. The topological polar surface area (TPSA) is 47.7 Å². The highest BCUT2D eigenvalue weighted by atomic mass is 16.5. The van der Waals surface area contributed by atoms with E-state index in [-0.39, 0.29) is 0 Å². The van der Waals surface area contributed by atoms with E-state index in [0.717, 1.165) is 32.6 Å². The van der Waals surface area contributed by atoms with Crippen LogP contribution in [0, 0.1) is 0 Å². The van der Waals surface area contributed by atoms with Crippen LogP contribution in [0.3, 0.4) is 0 Å². The second kappa shape index (κ2) is 7.22. The first-order valence-corrected chi connectivity index (χ1v) is 6.32. The van der Waals surface area contributed by atoms with Crippen molar-refractivity contribution in [1.82, 2.24) is 4.90 Å². The van der Waals surface area contributed by atoms with Crippen LogP contribution in [0.4, 0.5) is 0 Å². The Kier molecular flexibility index (Phi) is 6.28. The van der Waals surface area contributed by atoms with E-state index in [4.69, 9.17) is 15.2 Å². The predicted molar refractivity (Wildman–Crippen MR) is 65.5 cm³/mol. The second-order valence-electron chi connectivity index (χ2n) is 4.54. The zero-order valence-corrected chi connectivity index (χ0v) is 10.8. The molecule has 16 heavy (non-hydrogen) atoms. The molecule has 3 atom stereocenters. The van der Waals surface area contributed by atoms with Crippen LogP contribution in [-0.4, -0.2) is 56.5 Å². The molecule has 1 fully saturated rings. The number of rotatable bonds is 7. The molecule has 0 bridgehead atoms. The van der Waals surface area contributed by atoms with Crippen LogP contribution in [0.25, 0.3) is 0 Å². The molecule has 0 aromatic carbocycles. The minimum Gasteiger partial charge on any atom is -0.380 e. The lowest BCUT2D eigenvalue weighted by Crippen LogP contribution is -2.47. The van der Waals surface area contributed by atoms with Gasteiger partial charge in [-0.05, 0) is 33.7 Å². The summed E-state index contributed by atoms with van der Waals surface area (Å²) in [6.07, 6.45) is 2.97. The van der Waals surface area contributed by atoms with E-state index in [1.54, 1.807) is 0 Å². The Morgan fingerprint density at radius 1 is 1.50 bits per heavy atom. The maximum absolute atomic E-state index is 5.88. The molecule has 0 amide bonds. The van der Waals surface area contributed by atoms with Crippen LogP contribution in [0.5, 0.6) is 0 Å². The Hall–Kier alpha value is -0.160. The zero-order valence-electron chi connectivity index (χ0n) is 10.8. The molecule has 0 radical (unpaired) electrons. The summed E-state index contributed by atoms with van der Waals surface area (Å²) in [4.78, 5) is 2.26. The first-order valence-electron chi connectivity index (χ1n) is 6.32. The fraction of sp³-hybridized carbons (Fsp3) is 1.00. The van der Waals surface area contributed by atoms with E-state index in [2.05, 4.69) is 18.9 Å². The third-order valence-electron chi connectivity index (χ3n) is 3.29. The number of ether oxygens (including phenoxy) is 2. The summed E-state index contributed by atoms with van der Waals surface area (Å²) in [5.41, 5.74) is 5.84. The van der Waals surface area contributed by atoms with E-state index in [1.165, 1.54) is 0 Å². The number of nitrogens with two attached hydrogens (primary N) is 1. The largest absolute Gasteiger partial charge is 0.380 e. The molecular weight excluding hydrogens is 204 g/mol. The highest BCUT2D eigenvalue weighted by Gasteiger charge is 2.30. The molecule has 4 nitrogen and oxygen atoms in total. The lowest BCUT2D eigenvalue weighted by atomic mass is 10.1. The minimum absolute atomic E-state index is 0.298. The van der Waals surface area contributed by atoms with Crippen LogP contribution in [0.1, 0.15) is 26.7 Å². The molecule has 0 aromatic heterocycles. The summed E-state index contributed by atoms with van der Waals surface area (Å²) in [5.74, 6) is 0. The first-order chi connectivity index (χ1) is 7.69. The summed E-state index contributed by atoms with van der Waals surface area (Å²) in [5, 5.41) is 0. The van der Waals surface area contributed by atoms with E-state index in [1.807, 2.05) is 6.92 Å². The van der Waals surface area contributed by atoms with E-state index >= 15 is 0 Å². The number of hydrogen-bond acceptors (Lipinski definition) is 4. The van der Waals surface area contributed by atoms with Gasteiger partial charge in [0.2, 0.25) is 0 Å². The molecule has 2 N–H and O–H groups in total. The van der Waals surface area contributed by atoms with Crippen molar-refractivity contribution in [2.45, 2.75) is 44.9 Å². The molecule has 1 rings (SSSR count). The number of likely N-dealkylation sites (N-methyl/N-ethyl adjacent to an activating group) is 1. The number of nitrogens with zero attached hydrogens (tertiary/aromatic N) is 1. The summed E-state index contributed by atoms with van der Waals surface area (Å²) < 4.78 is 11.2. The van der Waals surface area contributed by atoms with Gasteiger partial charge in [-0.1, -0.05) is 0 Å². The Morgan fingerprint density at radius 3 is 2.75 bits per heavy atom. The maximum Gasteiger partial charge on any atom is 0.0747 e. The summed E-state index contributed by atoms with van der Waals surface area (Å²) >= 11 is 0. The van der Waals surface area contributed by atoms with Crippen molar-refractivity contribution in [2.24, 2.45) is 5.73 Å².